The van der Waals surface area contributed by atoms with E-state index >= 15 is 0 Å². The summed E-state index contributed by atoms with van der Waals surface area (Å²) >= 11 is 6.04. The van der Waals surface area contributed by atoms with E-state index in [4.69, 9.17) is 35.8 Å². The third kappa shape index (κ3) is 5.29. The van der Waals surface area contributed by atoms with E-state index in [1.165, 1.54) is 0 Å². The number of nitriles is 1. The van der Waals surface area contributed by atoms with Gasteiger partial charge in [0.05, 0.1) is 10.9 Å². The number of urea groups is 1. The topological polar surface area (TPSA) is 115 Å². The Morgan fingerprint density at radius 3 is 2.51 bits per heavy atom. The lowest BCUT2D eigenvalue weighted by Crippen LogP contribution is -2.19. The van der Waals surface area contributed by atoms with Crippen molar-refractivity contribution in [2.75, 3.05) is 30.5 Å². The van der Waals surface area contributed by atoms with Crippen LogP contribution in [0.2, 0.25) is 5.02 Å². The Labute approximate surface area is 217 Å². The Bertz CT molecular complexity index is 1520. The molecule has 0 aliphatic carbocycles. The number of carbonyl (C=O) groups excluding carboxylic acids is 1. The number of carbonyl (C=O) groups is 1. The molecule has 4 aromatic rings. The number of fused-ring (bicyclic) bond motifs is 3. The van der Waals surface area contributed by atoms with Crippen molar-refractivity contribution in [1.82, 2.24) is 4.98 Å². The van der Waals surface area contributed by atoms with Crippen molar-refractivity contribution < 1.29 is 23.7 Å². The fraction of sp³-hybridized carbons (Fsp3) is 0.148. The van der Waals surface area contributed by atoms with Crippen LogP contribution < -0.4 is 29.6 Å². The number of hydrogen-bond acceptors (Lipinski definition) is 7. The van der Waals surface area contributed by atoms with Gasteiger partial charge in [-0.1, -0.05) is 11.6 Å². The highest BCUT2D eigenvalue weighted by atomic mass is 35.5. The van der Waals surface area contributed by atoms with E-state index in [2.05, 4.69) is 15.6 Å². The van der Waals surface area contributed by atoms with Crippen molar-refractivity contribution in [3.8, 4) is 34.8 Å². The molecule has 1 aliphatic rings. The fourth-order valence-corrected chi connectivity index (χ4v) is 3.94. The fourth-order valence-electron chi connectivity index (χ4n) is 3.83. The van der Waals surface area contributed by atoms with E-state index in [-0.39, 0.29) is 12.6 Å². The number of pyridine rings is 1. The van der Waals surface area contributed by atoms with E-state index in [0.717, 1.165) is 5.56 Å². The highest BCUT2D eigenvalue weighted by Gasteiger charge is 2.24. The molecule has 0 unspecified atom stereocenters. The highest BCUT2D eigenvalue weighted by molar-refractivity contribution is 6.31. The van der Waals surface area contributed by atoms with Gasteiger partial charge in [-0.05, 0) is 61.0 Å². The summed E-state index contributed by atoms with van der Waals surface area (Å²) in [6.07, 6.45) is 1.61. The molecule has 0 saturated heterocycles. The first kappa shape index (κ1) is 24.0. The third-order valence-corrected chi connectivity index (χ3v) is 5.92. The van der Waals surface area contributed by atoms with Crippen LogP contribution in [-0.2, 0) is 0 Å². The van der Waals surface area contributed by atoms with Crippen molar-refractivity contribution in [3.63, 3.8) is 0 Å². The van der Waals surface area contributed by atoms with E-state index < -0.39 is 0 Å². The van der Waals surface area contributed by atoms with E-state index in [1.54, 1.807) is 60.8 Å². The van der Waals surface area contributed by atoms with Gasteiger partial charge in [0.15, 0.2) is 18.1 Å². The number of hydrogen-bond donors (Lipinski definition) is 2. The van der Waals surface area contributed by atoms with E-state index in [0.29, 0.717) is 69.3 Å². The summed E-state index contributed by atoms with van der Waals surface area (Å²) in [5, 5.41) is 15.7. The molecule has 0 radical (unpaired) electrons. The monoisotopic (exact) mass is 516 g/mol. The largest absolute Gasteiger partial charge is 0.485 e. The van der Waals surface area contributed by atoms with Crippen molar-refractivity contribution >= 4 is 39.9 Å². The number of nitrogens with zero attached hydrogens (tertiary/aromatic N) is 2. The lowest BCUT2D eigenvalue weighted by molar-refractivity contribution is 0.166. The average molecular weight is 517 g/mol. The van der Waals surface area contributed by atoms with Gasteiger partial charge in [-0.2, -0.15) is 5.26 Å². The normalized spacial score (nSPS) is 11.9. The third-order valence-electron chi connectivity index (χ3n) is 5.49. The minimum atomic E-state index is -0.381. The van der Waals surface area contributed by atoms with Gasteiger partial charge in [0.2, 0.25) is 5.75 Å². The molecule has 0 fully saturated rings. The lowest BCUT2D eigenvalue weighted by Gasteiger charge is -2.23. The van der Waals surface area contributed by atoms with Gasteiger partial charge in [0, 0.05) is 28.7 Å². The Morgan fingerprint density at radius 2 is 1.76 bits per heavy atom. The van der Waals surface area contributed by atoms with Crippen LogP contribution in [0, 0.1) is 18.3 Å². The zero-order valence-corrected chi connectivity index (χ0v) is 20.5. The number of anilines is 2. The second-order valence-corrected chi connectivity index (χ2v) is 8.46. The second kappa shape index (κ2) is 10.5. The maximum atomic E-state index is 12.4. The van der Waals surface area contributed by atoms with Gasteiger partial charge in [0.1, 0.15) is 30.8 Å². The molecular formula is C27H21ClN4O5. The van der Waals surface area contributed by atoms with Gasteiger partial charge in [-0.25, -0.2) is 4.79 Å². The number of rotatable bonds is 6. The van der Waals surface area contributed by atoms with Crippen molar-refractivity contribution in [2.24, 2.45) is 0 Å². The molecule has 1 aliphatic heterocycles. The van der Waals surface area contributed by atoms with Gasteiger partial charge < -0.3 is 29.6 Å². The first-order chi connectivity index (χ1) is 18.0. The zero-order valence-electron chi connectivity index (χ0n) is 19.7. The number of aryl methyl sites for hydroxylation is 1. The molecule has 37 heavy (non-hydrogen) atoms. The lowest BCUT2D eigenvalue weighted by atomic mass is 10.1. The standard InChI is InChI=1S/C27H21ClN4O5/c1-16-14-18(4-7-20(16)28)32-27(33)31-17-2-5-19(6-3-17)37-22-8-10-30-21-15-23(34-11-9-29)25-26(24(21)22)36-13-12-35-25/h2-8,10,14-15H,11-13H2,1H3,(H2,31,32,33). The first-order valence-corrected chi connectivity index (χ1v) is 11.7. The molecule has 3 aromatic carbocycles. The number of benzene rings is 3. The van der Waals surface area contributed by atoms with Crippen LogP contribution >= 0.6 is 11.6 Å². The summed E-state index contributed by atoms with van der Waals surface area (Å²) in [4.78, 5) is 16.8. The average Bonchev–Trinajstić information content (AvgIpc) is 2.90. The van der Waals surface area contributed by atoms with Crippen molar-refractivity contribution in [2.45, 2.75) is 6.92 Å². The minimum absolute atomic E-state index is 0.130. The Kier molecular flexibility index (Phi) is 6.83. The molecule has 0 spiro atoms. The quantitative estimate of drug-likeness (QED) is 0.308. The van der Waals surface area contributed by atoms with Crippen molar-refractivity contribution in [3.05, 3.63) is 71.4 Å². The smallest absolute Gasteiger partial charge is 0.323 e. The zero-order chi connectivity index (χ0) is 25.8. The summed E-state index contributed by atoms with van der Waals surface area (Å²) in [7, 11) is 0. The molecule has 0 atom stereocenters. The Balaban J connectivity index is 1.34. The van der Waals surface area contributed by atoms with Crippen LogP contribution in [-0.4, -0.2) is 30.8 Å². The summed E-state index contributed by atoms with van der Waals surface area (Å²) in [6.45, 7) is 2.45. The molecule has 186 valence electrons. The molecular weight excluding hydrogens is 496 g/mol. The molecule has 9 nitrogen and oxygen atoms in total. The van der Waals surface area contributed by atoms with Crippen molar-refractivity contribution in [1.29, 1.82) is 5.26 Å². The van der Waals surface area contributed by atoms with E-state index in [1.807, 2.05) is 13.0 Å². The second-order valence-electron chi connectivity index (χ2n) is 8.05. The molecule has 2 heterocycles. The number of ether oxygens (including phenoxy) is 4. The van der Waals surface area contributed by atoms with Gasteiger partial charge in [-0.15, -0.1) is 0 Å². The van der Waals surface area contributed by atoms with Crippen LogP contribution in [0.3, 0.4) is 0 Å². The number of halogens is 1. The number of aromatic nitrogens is 1. The summed E-state index contributed by atoms with van der Waals surface area (Å²) in [5.41, 5.74) is 2.67. The minimum Gasteiger partial charge on any atom is -0.485 e. The first-order valence-electron chi connectivity index (χ1n) is 11.3. The Morgan fingerprint density at radius 1 is 1.03 bits per heavy atom. The van der Waals surface area contributed by atoms with Gasteiger partial charge >= 0.3 is 6.03 Å². The summed E-state index contributed by atoms with van der Waals surface area (Å²) in [6, 6.07) is 17.2. The van der Waals surface area contributed by atoms with Crippen LogP contribution in [0.4, 0.5) is 16.2 Å². The molecule has 5 rings (SSSR count). The molecule has 0 bridgehead atoms. The van der Waals surface area contributed by atoms with E-state index in [9.17, 15) is 4.79 Å². The SMILES string of the molecule is Cc1cc(NC(=O)Nc2ccc(Oc3ccnc4cc(OCC#N)c5c(c34)OCCO5)cc2)ccc1Cl. The number of amides is 2. The maximum absolute atomic E-state index is 12.4. The molecule has 10 heteroatoms. The highest BCUT2D eigenvalue weighted by Crippen LogP contribution is 2.48. The summed E-state index contributed by atoms with van der Waals surface area (Å²) in [5.74, 6) is 2.30. The van der Waals surface area contributed by atoms with Gasteiger partial charge in [-0.3, -0.25) is 4.98 Å². The van der Waals surface area contributed by atoms with Gasteiger partial charge in [0.25, 0.3) is 0 Å². The predicted molar refractivity (Wildman–Crippen MR) is 139 cm³/mol. The predicted octanol–water partition coefficient (Wildman–Crippen LogP) is 6.31. The maximum Gasteiger partial charge on any atom is 0.323 e. The number of nitrogens with one attached hydrogen (secondary N) is 2. The molecule has 0 saturated carbocycles. The van der Waals surface area contributed by atoms with Crippen LogP contribution in [0.25, 0.3) is 10.9 Å². The molecule has 2 amide bonds. The van der Waals surface area contributed by atoms with Crippen LogP contribution in [0.1, 0.15) is 5.56 Å². The Hall–Kier alpha value is -4.68. The van der Waals surface area contributed by atoms with Crippen LogP contribution in [0.5, 0.6) is 28.7 Å². The van der Waals surface area contributed by atoms with Crippen LogP contribution in [0.15, 0.2) is 60.8 Å². The molecule has 2 N–H and O–H groups in total. The molecule has 1 aromatic heterocycles. The summed E-state index contributed by atoms with van der Waals surface area (Å²) < 4.78 is 23.3.